The lowest BCUT2D eigenvalue weighted by atomic mass is 10.1. The van der Waals surface area contributed by atoms with E-state index in [4.69, 9.17) is 20.8 Å². The Morgan fingerprint density at radius 1 is 1.30 bits per heavy atom. The second-order valence-corrected chi connectivity index (χ2v) is 7.14. The topological polar surface area (TPSA) is 59.8 Å². The van der Waals surface area contributed by atoms with Gasteiger partial charge in [0.25, 0.3) is 0 Å². The molecule has 1 aromatic rings. The summed E-state index contributed by atoms with van der Waals surface area (Å²) in [7, 11) is -1.89. The van der Waals surface area contributed by atoms with E-state index < -0.39 is 10.0 Å². The molecule has 0 N–H and O–H groups in total. The molecule has 0 spiro atoms. The van der Waals surface area contributed by atoms with Crippen LogP contribution in [0.5, 0.6) is 0 Å². The molecule has 1 fully saturated rings. The van der Waals surface area contributed by atoms with E-state index in [2.05, 4.69) is 0 Å². The number of halogens is 1. The molecule has 0 unspecified atom stereocenters. The highest BCUT2D eigenvalue weighted by Gasteiger charge is 2.34. The molecule has 0 bridgehead atoms. The number of aryl methyl sites for hydroxylation is 2. The molecular weight excluding hydrogens is 302 g/mol. The van der Waals surface area contributed by atoms with Crippen LogP contribution in [0.4, 0.5) is 0 Å². The first kappa shape index (κ1) is 15.8. The quantitative estimate of drug-likeness (QED) is 0.799. The van der Waals surface area contributed by atoms with E-state index in [9.17, 15) is 8.42 Å². The smallest absolute Gasteiger partial charge is 0.246 e. The van der Waals surface area contributed by atoms with Crippen molar-refractivity contribution in [2.24, 2.45) is 0 Å². The van der Waals surface area contributed by atoms with Crippen molar-refractivity contribution < 1.29 is 17.6 Å². The van der Waals surface area contributed by atoms with Gasteiger partial charge in [-0.3, -0.25) is 0 Å². The summed E-state index contributed by atoms with van der Waals surface area (Å²) in [5.74, 6) is 1.11. The van der Waals surface area contributed by atoms with Crippen molar-refractivity contribution in [1.29, 1.82) is 0 Å². The van der Waals surface area contributed by atoms with Crippen molar-refractivity contribution in [3.8, 4) is 0 Å². The molecule has 0 atom stereocenters. The van der Waals surface area contributed by atoms with Crippen LogP contribution in [0.15, 0.2) is 9.31 Å². The van der Waals surface area contributed by atoms with Gasteiger partial charge in [-0.25, -0.2) is 8.42 Å². The van der Waals surface area contributed by atoms with Crippen LogP contribution in [0.25, 0.3) is 0 Å². The lowest BCUT2D eigenvalue weighted by Gasteiger charge is -2.30. The Bertz CT molecular complexity index is 573. The van der Waals surface area contributed by atoms with Crippen LogP contribution in [0, 0.1) is 13.8 Å². The highest BCUT2D eigenvalue weighted by atomic mass is 35.5. The van der Waals surface area contributed by atoms with Crippen LogP contribution < -0.4 is 0 Å². The van der Waals surface area contributed by atoms with Crippen LogP contribution in [-0.4, -0.2) is 39.0 Å². The minimum absolute atomic E-state index is 0.131. The van der Waals surface area contributed by atoms with Crippen molar-refractivity contribution in [2.75, 3.05) is 20.2 Å². The van der Waals surface area contributed by atoms with Gasteiger partial charge in [0.1, 0.15) is 16.4 Å². The number of ether oxygens (including phenoxy) is 1. The molecule has 1 aliphatic rings. The first-order valence-electron chi connectivity index (χ1n) is 6.59. The molecule has 0 aromatic carbocycles. The average molecular weight is 322 g/mol. The summed E-state index contributed by atoms with van der Waals surface area (Å²) in [4.78, 5) is 0.237. The number of hydrogen-bond donors (Lipinski definition) is 0. The molecule has 0 amide bonds. The fourth-order valence-electron chi connectivity index (χ4n) is 2.64. The van der Waals surface area contributed by atoms with Gasteiger partial charge in [0.15, 0.2) is 0 Å². The number of piperidine rings is 1. The highest BCUT2D eigenvalue weighted by molar-refractivity contribution is 7.89. The van der Waals surface area contributed by atoms with E-state index >= 15 is 0 Å². The number of rotatable bonds is 4. The molecule has 7 heteroatoms. The standard InChI is InChI=1S/C13H20ClNO4S/c1-9-12(8-14)13(10(2)19-9)20(16,17)15-6-4-11(18-3)5-7-15/h11H,4-8H2,1-3H3. The third-order valence-electron chi connectivity index (χ3n) is 3.79. The SMILES string of the molecule is COC1CCN(S(=O)(=O)c2c(C)oc(C)c2CCl)CC1. The molecule has 0 aliphatic carbocycles. The molecule has 1 saturated heterocycles. The van der Waals surface area contributed by atoms with Gasteiger partial charge >= 0.3 is 0 Å². The largest absolute Gasteiger partial charge is 0.465 e. The second kappa shape index (κ2) is 6.05. The Hall–Kier alpha value is -0.560. The fourth-order valence-corrected chi connectivity index (χ4v) is 4.92. The van der Waals surface area contributed by atoms with E-state index in [0.717, 1.165) is 0 Å². The van der Waals surface area contributed by atoms with Gasteiger partial charge in [-0.05, 0) is 26.7 Å². The van der Waals surface area contributed by atoms with Crippen molar-refractivity contribution >= 4 is 21.6 Å². The van der Waals surface area contributed by atoms with Gasteiger partial charge in [-0.2, -0.15) is 4.31 Å². The Balaban J connectivity index is 2.32. The van der Waals surface area contributed by atoms with Gasteiger partial charge in [0.05, 0.1) is 12.0 Å². The van der Waals surface area contributed by atoms with Crippen molar-refractivity contribution in [2.45, 2.75) is 43.6 Å². The second-order valence-electron chi connectivity index (χ2n) is 4.99. The Kier molecular flexibility index (Phi) is 4.79. The molecule has 0 saturated carbocycles. The number of alkyl halides is 1. The van der Waals surface area contributed by atoms with Gasteiger partial charge in [0, 0.05) is 25.8 Å². The zero-order valence-corrected chi connectivity index (χ0v) is 13.6. The van der Waals surface area contributed by atoms with Gasteiger partial charge in [-0.15, -0.1) is 11.6 Å². The normalized spacial score (nSPS) is 18.6. The molecule has 0 radical (unpaired) electrons. The number of nitrogens with zero attached hydrogens (tertiary/aromatic N) is 1. The molecule has 20 heavy (non-hydrogen) atoms. The molecule has 2 rings (SSSR count). The minimum Gasteiger partial charge on any atom is -0.465 e. The molecular formula is C13H20ClNO4S. The highest BCUT2D eigenvalue weighted by Crippen LogP contribution is 2.31. The van der Waals surface area contributed by atoms with Crippen molar-refractivity contribution in [3.05, 3.63) is 17.1 Å². The zero-order chi connectivity index (χ0) is 14.9. The van der Waals surface area contributed by atoms with Crippen molar-refractivity contribution in [1.82, 2.24) is 4.31 Å². The van der Waals surface area contributed by atoms with E-state index in [1.54, 1.807) is 21.0 Å². The lowest BCUT2D eigenvalue weighted by Crippen LogP contribution is -2.40. The van der Waals surface area contributed by atoms with Gasteiger partial charge < -0.3 is 9.15 Å². The number of sulfonamides is 1. The fraction of sp³-hybridized carbons (Fsp3) is 0.692. The van der Waals surface area contributed by atoms with E-state index in [0.29, 0.717) is 43.0 Å². The predicted octanol–water partition coefficient (Wildman–Crippen LogP) is 2.43. The number of hydrogen-bond acceptors (Lipinski definition) is 4. The average Bonchev–Trinajstić information content (AvgIpc) is 2.73. The summed E-state index contributed by atoms with van der Waals surface area (Å²) in [5.41, 5.74) is 0.568. The van der Waals surface area contributed by atoms with Crippen LogP contribution in [0.1, 0.15) is 29.9 Å². The molecule has 5 nitrogen and oxygen atoms in total. The molecule has 2 heterocycles. The Morgan fingerprint density at radius 2 is 1.90 bits per heavy atom. The van der Waals surface area contributed by atoms with Crippen LogP contribution in [0.3, 0.4) is 0 Å². The first-order chi connectivity index (χ1) is 9.41. The maximum atomic E-state index is 12.8. The molecule has 114 valence electrons. The number of furan rings is 1. The lowest BCUT2D eigenvalue weighted by molar-refractivity contribution is 0.0604. The van der Waals surface area contributed by atoms with Gasteiger partial charge in [-0.1, -0.05) is 0 Å². The third kappa shape index (κ3) is 2.74. The van der Waals surface area contributed by atoms with Crippen LogP contribution in [-0.2, 0) is 20.6 Å². The Morgan fingerprint density at radius 3 is 2.40 bits per heavy atom. The minimum atomic E-state index is -3.55. The maximum Gasteiger partial charge on any atom is 0.246 e. The predicted molar refractivity (Wildman–Crippen MR) is 76.5 cm³/mol. The van der Waals surface area contributed by atoms with Gasteiger partial charge in [0.2, 0.25) is 10.0 Å². The summed E-state index contributed by atoms with van der Waals surface area (Å²) in [6.45, 7) is 4.33. The summed E-state index contributed by atoms with van der Waals surface area (Å²) in [6.07, 6.45) is 1.56. The van der Waals surface area contributed by atoms with E-state index in [-0.39, 0.29) is 16.9 Å². The number of methoxy groups -OCH3 is 1. The van der Waals surface area contributed by atoms with Crippen molar-refractivity contribution in [3.63, 3.8) is 0 Å². The Labute approximate surface area is 124 Å². The first-order valence-corrected chi connectivity index (χ1v) is 8.57. The maximum absolute atomic E-state index is 12.8. The summed E-state index contributed by atoms with van der Waals surface area (Å²) in [5, 5.41) is 0. The monoisotopic (exact) mass is 321 g/mol. The summed E-state index contributed by atoms with van der Waals surface area (Å²) in [6, 6.07) is 0. The third-order valence-corrected chi connectivity index (χ3v) is 6.15. The van der Waals surface area contributed by atoms with E-state index in [1.165, 1.54) is 4.31 Å². The molecule has 1 aliphatic heterocycles. The van der Waals surface area contributed by atoms with Crippen LogP contribution in [0.2, 0.25) is 0 Å². The summed E-state index contributed by atoms with van der Waals surface area (Å²) < 4.78 is 37.7. The van der Waals surface area contributed by atoms with E-state index in [1.807, 2.05) is 0 Å². The zero-order valence-electron chi connectivity index (χ0n) is 12.0. The van der Waals surface area contributed by atoms with Crippen LogP contribution >= 0.6 is 11.6 Å². The molecule has 1 aromatic heterocycles. The summed E-state index contributed by atoms with van der Waals surface area (Å²) >= 11 is 5.88.